The summed E-state index contributed by atoms with van der Waals surface area (Å²) in [7, 11) is 0. The first-order valence-electron chi connectivity index (χ1n) is 6.98. The van der Waals surface area contributed by atoms with Crippen molar-refractivity contribution in [2.24, 2.45) is 5.41 Å². The Morgan fingerprint density at radius 3 is 2.41 bits per heavy atom. The van der Waals surface area contributed by atoms with E-state index in [1.165, 1.54) is 17.9 Å². The van der Waals surface area contributed by atoms with Gasteiger partial charge in [-0.1, -0.05) is 20.8 Å². The summed E-state index contributed by atoms with van der Waals surface area (Å²) in [5.41, 5.74) is -0.00256. The van der Waals surface area contributed by atoms with Crippen molar-refractivity contribution in [2.75, 3.05) is 24.6 Å². The van der Waals surface area contributed by atoms with Crippen LogP contribution in [0, 0.1) is 5.41 Å². The molecule has 0 amide bonds. The standard InChI is InChI=1S/C14H29NOS/c1-4-17-11-5-10-15-12-14(16)8-6-13(2,3)7-9-14/h15-16H,4-12H2,1-3H3. The second kappa shape index (κ2) is 7.01. The van der Waals surface area contributed by atoms with Gasteiger partial charge in [0.2, 0.25) is 0 Å². The molecule has 1 aliphatic carbocycles. The summed E-state index contributed by atoms with van der Waals surface area (Å²) in [6, 6.07) is 0. The Morgan fingerprint density at radius 1 is 1.18 bits per heavy atom. The molecule has 0 aromatic carbocycles. The van der Waals surface area contributed by atoms with Crippen LogP contribution in [0.2, 0.25) is 0 Å². The average molecular weight is 259 g/mol. The number of rotatable bonds is 7. The van der Waals surface area contributed by atoms with E-state index in [-0.39, 0.29) is 0 Å². The molecular formula is C14H29NOS. The molecule has 0 bridgehead atoms. The van der Waals surface area contributed by atoms with Gasteiger partial charge in [-0.05, 0) is 55.6 Å². The fourth-order valence-corrected chi connectivity index (χ4v) is 2.97. The Bertz CT molecular complexity index is 208. The quantitative estimate of drug-likeness (QED) is 0.689. The number of hydrogen-bond donors (Lipinski definition) is 2. The molecule has 102 valence electrons. The smallest absolute Gasteiger partial charge is 0.0772 e. The molecule has 1 fully saturated rings. The largest absolute Gasteiger partial charge is 0.389 e. The van der Waals surface area contributed by atoms with E-state index >= 15 is 0 Å². The second-order valence-corrected chi connectivity index (χ2v) is 7.51. The van der Waals surface area contributed by atoms with Crippen molar-refractivity contribution in [1.82, 2.24) is 5.32 Å². The van der Waals surface area contributed by atoms with E-state index < -0.39 is 5.60 Å². The van der Waals surface area contributed by atoms with Crippen LogP contribution in [-0.4, -0.2) is 35.3 Å². The van der Waals surface area contributed by atoms with Crippen molar-refractivity contribution in [3.8, 4) is 0 Å². The number of nitrogens with one attached hydrogen (secondary N) is 1. The van der Waals surface area contributed by atoms with E-state index in [1.54, 1.807) is 0 Å². The molecule has 2 nitrogen and oxygen atoms in total. The normalized spacial score (nSPS) is 22.6. The third-order valence-corrected chi connectivity index (χ3v) is 4.82. The SMILES string of the molecule is CCSCCCNCC1(O)CCC(C)(C)CC1. The minimum absolute atomic E-state index is 0.435. The minimum Gasteiger partial charge on any atom is -0.389 e. The molecular weight excluding hydrogens is 230 g/mol. The highest BCUT2D eigenvalue weighted by Crippen LogP contribution is 2.39. The zero-order valence-corrected chi connectivity index (χ0v) is 12.5. The summed E-state index contributed by atoms with van der Waals surface area (Å²) in [5, 5.41) is 13.9. The summed E-state index contributed by atoms with van der Waals surface area (Å²) in [5.74, 6) is 2.44. The van der Waals surface area contributed by atoms with Crippen molar-refractivity contribution in [1.29, 1.82) is 0 Å². The molecule has 1 aliphatic rings. The lowest BCUT2D eigenvalue weighted by Gasteiger charge is -2.40. The maximum Gasteiger partial charge on any atom is 0.0772 e. The predicted octanol–water partition coefficient (Wildman–Crippen LogP) is 3.05. The zero-order valence-electron chi connectivity index (χ0n) is 11.7. The first-order valence-corrected chi connectivity index (χ1v) is 8.14. The van der Waals surface area contributed by atoms with Gasteiger partial charge in [0, 0.05) is 6.54 Å². The van der Waals surface area contributed by atoms with Gasteiger partial charge in [-0.3, -0.25) is 0 Å². The maximum atomic E-state index is 10.4. The van der Waals surface area contributed by atoms with Gasteiger partial charge in [0.15, 0.2) is 0 Å². The van der Waals surface area contributed by atoms with Crippen LogP contribution < -0.4 is 5.32 Å². The highest BCUT2D eigenvalue weighted by molar-refractivity contribution is 7.99. The molecule has 0 radical (unpaired) electrons. The molecule has 0 aliphatic heterocycles. The monoisotopic (exact) mass is 259 g/mol. The summed E-state index contributed by atoms with van der Waals surface area (Å²) in [6.45, 7) is 8.63. The van der Waals surface area contributed by atoms with E-state index in [4.69, 9.17) is 0 Å². The van der Waals surface area contributed by atoms with E-state index in [9.17, 15) is 5.11 Å². The second-order valence-electron chi connectivity index (χ2n) is 6.12. The minimum atomic E-state index is -0.437. The predicted molar refractivity (Wildman–Crippen MR) is 77.7 cm³/mol. The number of thioether (sulfide) groups is 1. The van der Waals surface area contributed by atoms with Gasteiger partial charge in [-0.15, -0.1) is 0 Å². The molecule has 0 saturated heterocycles. The van der Waals surface area contributed by atoms with E-state index in [1.807, 2.05) is 11.8 Å². The van der Waals surface area contributed by atoms with Crippen LogP contribution in [0.5, 0.6) is 0 Å². The van der Waals surface area contributed by atoms with Crippen molar-refractivity contribution in [3.63, 3.8) is 0 Å². The van der Waals surface area contributed by atoms with Crippen molar-refractivity contribution < 1.29 is 5.11 Å². The average Bonchev–Trinajstić information content (AvgIpc) is 2.28. The Kier molecular flexibility index (Phi) is 6.32. The van der Waals surface area contributed by atoms with Gasteiger partial charge >= 0.3 is 0 Å². The number of hydrogen-bond acceptors (Lipinski definition) is 3. The fraction of sp³-hybridized carbons (Fsp3) is 1.00. The molecule has 3 heteroatoms. The van der Waals surface area contributed by atoms with Crippen molar-refractivity contribution in [2.45, 2.75) is 58.5 Å². The molecule has 0 spiro atoms. The highest BCUT2D eigenvalue weighted by atomic mass is 32.2. The lowest BCUT2D eigenvalue weighted by atomic mass is 9.71. The third kappa shape index (κ3) is 6.12. The van der Waals surface area contributed by atoms with E-state index in [0.717, 1.165) is 38.8 Å². The first-order chi connectivity index (χ1) is 7.97. The van der Waals surface area contributed by atoms with Gasteiger partial charge in [-0.2, -0.15) is 11.8 Å². The van der Waals surface area contributed by atoms with Gasteiger partial charge in [0.05, 0.1) is 5.60 Å². The van der Waals surface area contributed by atoms with Crippen LogP contribution in [0.4, 0.5) is 0 Å². The molecule has 0 atom stereocenters. The molecule has 0 aromatic rings. The third-order valence-electron chi connectivity index (χ3n) is 3.83. The van der Waals surface area contributed by atoms with Crippen molar-refractivity contribution in [3.05, 3.63) is 0 Å². The van der Waals surface area contributed by atoms with E-state index in [0.29, 0.717) is 5.41 Å². The van der Waals surface area contributed by atoms with Crippen LogP contribution >= 0.6 is 11.8 Å². The lowest BCUT2D eigenvalue weighted by molar-refractivity contribution is -0.0241. The Morgan fingerprint density at radius 2 is 1.82 bits per heavy atom. The zero-order chi connectivity index (χ0) is 12.8. The topological polar surface area (TPSA) is 32.3 Å². The van der Waals surface area contributed by atoms with Crippen molar-refractivity contribution >= 4 is 11.8 Å². The molecule has 1 rings (SSSR count). The molecule has 0 heterocycles. The molecule has 0 aromatic heterocycles. The van der Waals surface area contributed by atoms with Gasteiger partial charge in [0.1, 0.15) is 0 Å². The van der Waals surface area contributed by atoms with Gasteiger partial charge < -0.3 is 10.4 Å². The summed E-state index contributed by atoms with van der Waals surface area (Å²) in [4.78, 5) is 0. The van der Waals surface area contributed by atoms with Crippen LogP contribution in [-0.2, 0) is 0 Å². The molecule has 2 N–H and O–H groups in total. The summed E-state index contributed by atoms with van der Waals surface area (Å²) < 4.78 is 0. The molecule has 1 saturated carbocycles. The fourth-order valence-electron chi connectivity index (χ4n) is 2.33. The van der Waals surface area contributed by atoms with Gasteiger partial charge in [0.25, 0.3) is 0 Å². The van der Waals surface area contributed by atoms with Crippen LogP contribution in [0.1, 0.15) is 52.9 Å². The summed E-state index contributed by atoms with van der Waals surface area (Å²) in [6.07, 6.45) is 5.42. The highest BCUT2D eigenvalue weighted by Gasteiger charge is 2.36. The van der Waals surface area contributed by atoms with Gasteiger partial charge in [-0.25, -0.2) is 0 Å². The molecule has 0 unspecified atom stereocenters. The Hall–Kier alpha value is 0.270. The first kappa shape index (κ1) is 15.3. The molecule has 17 heavy (non-hydrogen) atoms. The van der Waals surface area contributed by atoms with E-state index in [2.05, 4.69) is 26.1 Å². The summed E-state index contributed by atoms with van der Waals surface area (Å²) >= 11 is 1.99. The lowest BCUT2D eigenvalue weighted by Crippen LogP contribution is -2.45. The number of aliphatic hydroxyl groups is 1. The van der Waals surface area contributed by atoms with Crippen LogP contribution in [0.25, 0.3) is 0 Å². The maximum absolute atomic E-state index is 10.4. The Labute approximate surface area is 111 Å². The van der Waals surface area contributed by atoms with Crippen LogP contribution in [0.3, 0.4) is 0 Å². The van der Waals surface area contributed by atoms with Crippen LogP contribution in [0.15, 0.2) is 0 Å². The Balaban J connectivity index is 2.10.